The van der Waals surface area contributed by atoms with E-state index in [0.717, 1.165) is 43.0 Å². The Morgan fingerprint density at radius 2 is 2.27 bits per heavy atom. The fraction of sp³-hybridized carbons (Fsp3) is 0.600. The largest absolute Gasteiger partial charge is 0.340 e. The minimum absolute atomic E-state index is 0.0380. The molecule has 0 saturated carbocycles. The number of aromatic amines is 1. The summed E-state index contributed by atoms with van der Waals surface area (Å²) < 4.78 is 0. The lowest BCUT2D eigenvalue weighted by molar-refractivity contribution is 0.203. The lowest BCUT2D eigenvalue weighted by atomic mass is 10.1. The van der Waals surface area contributed by atoms with Gasteiger partial charge >= 0.3 is 6.03 Å². The van der Waals surface area contributed by atoms with Crippen LogP contribution in [0.15, 0.2) is 18.2 Å². The normalized spacial score (nSPS) is 18.0. The number of carbonyl (C=O) groups is 1. The first kappa shape index (κ1) is 18.7. The van der Waals surface area contributed by atoms with Crippen LogP contribution < -0.4 is 5.32 Å². The van der Waals surface area contributed by atoms with Gasteiger partial charge in [-0.25, -0.2) is 9.78 Å². The van der Waals surface area contributed by atoms with Crippen LogP contribution in [0.1, 0.15) is 31.7 Å². The van der Waals surface area contributed by atoms with Crippen molar-refractivity contribution in [2.45, 2.75) is 33.7 Å². The number of carbonyl (C=O) groups excluding carboxylic acids is 1. The molecule has 0 unspecified atom stereocenters. The minimum Gasteiger partial charge on any atom is -0.340 e. The third-order valence-corrected chi connectivity index (χ3v) is 4.96. The molecule has 0 radical (unpaired) electrons. The maximum Gasteiger partial charge on any atom is 0.317 e. The molecule has 1 aliphatic heterocycles. The molecule has 142 valence electrons. The molecule has 1 aliphatic rings. The van der Waals surface area contributed by atoms with Gasteiger partial charge < -0.3 is 20.1 Å². The highest BCUT2D eigenvalue weighted by Gasteiger charge is 2.23. The summed E-state index contributed by atoms with van der Waals surface area (Å²) in [6.45, 7) is 11.2. The standard InChI is InChI=1S/C20H31N5O/c1-14(2)11-25-8-7-16(12-25)10-21-20(26)24(4)13-19-22-17-6-5-15(3)9-18(17)23-19/h5-6,9,14,16H,7-8,10-13H2,1-4H3,(H,21,26)(H,22,23)/t16-/m1/s1. The summed E-state index contributed by atoms with van der Waals surface area (Å²) in [7, 11) is 1.81. The number of imidazole rings is 1. The van der Waals surface area contributed by atoms with Crippen LogP contribution in [0.3, 0.4) is 0 Å². The summed E-state index contributed by atoms with van der Waals surface area (Å²) in [6.07, 6.45) is 1.17. The molecule has 6 heteroatoms. The van der Waals surface area contributed by atoms with Crippen molar-refractivity contribution < 1.29 is 4.79 Å². The number of hydrogen-bond acceptors (Lipinski definition) is 3. The van der Waals surface area contributed by atoms with E-state index in [1.54, 1.807) is 4.90 Å². The van der Waals surface area contributed by atoms with Gasteiger partial charge in [0.2, 0.25) is 0 Å². The van der Waals surface area contributed by atoms with Gasteiger partial charge in [-0.2, -0.15) is 0 Å². The lowest BCUT2D eigenvalue weighted by Gasteiger charge is -2.20. The van der Waals surface area contributed by atoms with Crippen LogP contribution in [0.25, 0.3) is 11.0 Å². The van der Waals surface area contributed by atoms with Gasteiger partial charge in [-0.1, -0.05) is 19.9 Å². The number of nitrogens with one attached hydrogen (secondary N) is 2. The summed E-state index contributed by atoms with van der Waals surface area (Å²) in [4.78, 5) is 24.5. The zero-order valence-electron chi connectivity index (χ0n) is 16.4. The molecule has 2 aromatic rings. The van der Waals surface area contributed by atoms with Crippen LogP contribution in [0.2, 0.25) is 0 Å². The topological polar surface area (TPSA) is 64.3 Å². The Kier molecular flexibility index (Phi) is 5.81. The van der Waals surface area contributed by atoms with Crippen molar-refractivity contribution in [3.63, 3.8) is 0 Å². The highest BCUT2D eigenvalue weighted by molar-refractivity contribution is 5.76. The van der Waals surface area contributed by atoms with Crippen LogP contribution in [0.4, 0.5) is 4.79 Å². The van der Waals surface area contributed by atoms with E-state index < -0.39 is 0 Å². The molecule has 1 atom stereocenters. The third kappa shape index (κ3) is 4.75. The van der Waals surface area contributed by atoms with Gasteiger partial charge in [0.25, 0.3) is 0 Å². The van der Waals surface area contributed by atoms with Crippen molar-refractivity contribution >= 4 is 17.1 Å². The number of fused-ring (bicyclic) bond motifs is 1. The average molecular weight is 358 g/mol. The highest BCUT2D eigenvalue weighted by atomic mass is 16.2. The second-order valence-corrected chi connectivity index (χ2v) is 8.05. The Labute approximate surface area is 156 Å². The first-order chi connectivity index (χ1) is 12.4. The number of aryl methyl sites for hydroxylation is 1. The Hall–Kier alpha value is -2.08. The molecule has 2 amide bonds. The Balaban J connectivity index is 1.47. The van der Waals surface area contributed by atoms with Crippen LogP contribution in [0, 0.1) is 18.8 Å². The monoisotopic (exact) mass is 357 g/mol. The van der Waals surface area contributed by atoms with Crippen molar-refractivity contribution in [2.75, 3.05) is 33.2 Å². The molecule has 3 rings (SSSR count). The number of benzene rings is 1. The van der Waals surface area contributed by atoms with E-state index in [4.69, 9.17) is 0 Å². The van der Waals surface area contributed by atoms with Crippen LogP contribution in [-0.2, 0) is 6.54 Å². The van der Waals surface area contributed by atoms with Crippen LogP contribution in [0.5, 0.6) is 0 Å². The summed E-state index contributed by atoms with van der Waals surface area (Å²) in [6, 6.07) is 6.10. The number of H-pyrrole nitrogens is 1. The van der Waals surface area contributed by atoms with Crippen molar-refractivity contribution in [3.05, 3.63) is 29.6 Å². The molecule has 0 spiro atoms. The van der Waals surface area contributed by atoms with Gasteiger partial charge in [0.05, 0.1) is 17.6 Å². The molecule has 26 heavy (non-hydrogen) atoms. The highest BCUT2D eigenvalue weighted by Crippen LogP contribution is 2.17. The summed E-state index contributed by atoms with van der Waals surface area (Å²) in [5.74, 6) is 2.06. The number of hydrogen-bond donors (Lipinski definition) is 2. The number of aromatic nitrogens is 2. The summed E-state index contributed by atoms with van der Waals surface area (Å²) in [5, 5.41) is 3.08. The molecule has 0 bridgehead atoms. The smallest absolute Gasteiger partial charge is 0.317 e. The number of urea groups is 1. The second-order valence-electron chi connectivity index (χ2n) is 8.05. The van der Waals surface area contributed by atoms with E-state index in [2.05, 4.69) is 47.0 Å². The molecular weight excluding hydrogens is 326 g/mol. The molecule has 6 nitrogen and oxygen atoms in total. The average Bonchev–Trinajstić information content (AvgIpc) is 3.17. The maximum atomic E-state index is 12.4. The van der Waals surface area contributed by atoms with E-state index in [1.807, 2.05) is 19.2 Å². The molecule has 2 heterocycles. The molecule has 1 fully saturated rings. The molecule has 0 aliphatic carbocycles. The SMILES string of the molecule is Cc1ccc2nc(CN(C)C(=O)NC[C@H]3CCN(CC(C)C)C3)[nH]c2c1. The van der Waals surface area contributed by atoms with Gasteiger partial charge in [0, 0.05) is 26.7 Å². The first-order valence-electron chi connectivity index (χ1n) is 9.57. The fourth-order valence-corrected chi connectivity index (χ4v) is 3.68. The lowest BCUT2D eigenvalue weighted by Crippen LogP contribution is -2.40. The minimum atomic E-state index is -0.0380. The predicted octanol–water partition coefficient (Wildman–Crippen LogP) is 2.99. The Morgan fingerprint density at radius 3 is 3.04 bits per heavy atom. The molecule has 1 aromatic carbocycles. The van der Waals surface area contributed by atoms with Crippen LogP contribution in [-0.4, -0.2) is 59.0 Å². The third-order valence-electron chi connectivity index (χ3n) is 4.96. The van der Waals surface area contributed by atoms with Gasteiger partial charge in [-0.3, -0.25) is 0 Å². The molecule has 1 saturated heterocycles. The zero-order chi connectivity index (χ0) is 18.7. The fourth-order valence-electron chi connectivity index (χ4n) is 3.68. The Morgan fingerprint density at radius 1 is 1.46 bits per heavy atom. The van der Waals surface area contributed by atoms with Crippen molar-refractivity contribution in [1.82, 2.24) is 25.1 Å². The number of nitrogens with zero attached hydrogens (tertiary/aromatic N) is 3. The van der Waals surface area contributed by atoms with Crippen molar-refractivity contribution in [3.8, 4) is 0 Å². The zero-order valence-corrected chi connectivity index (χ0v) is 16.4. The second kappa shape index (κ2) is 8.08. The van der Waals surface area contributed by atoms with Gasteiger partial charge in [0.1, 0.15) is 5.82 Å². The summed E-state index contributed by atoms with van der Waals surface area (Å²) in [5.41, 5.74) is 3.16. The van der Waals surface area contributed by atoms with E-state index >= 15 is 0 Å². The van der Waals surface area contributed by atoms with E-state index in [-0.39, 0.29) is 6.03 Å². The summed E-state index contributed by atoms with van der Waals surface area (Å²) >= 11 is 0. The number of amides is 2. The Bertz CT molecular complexity index is 754. The predicted molar refractivity (Wildman–Crippen MR) is 105 cm³/mol. The maximum absolute atomic E-state index is 12.4. The van der Waals surface area contributed by atoms with Crippen LogP contribution >= 0.6 is 0 Å². The van der Waals surface area contributed by atoms with Gasteiger partial charge in [0.15, 0.2) is 0 Å². The number of likely N-dealkylation sites (tertiary alicyclic amines) is 1. The molecule has 2 N–H and O–H groups in total. The van der Waals surface area contributed by atoms with E-state index in [0.29, 0.717) is 18.4 Å². The van der Waals surface area contributed by atoms with E-state index in [1.165, 1.54) is 12.0 Å². The van der Waals surface area contributed by atoms with Gasteiger partial charge in [-0.15, -0.1) is 0 Å². The van der Waals surface area contributed by atoms with E-state index in [9.17, 15) is 4.79 Å². The van der Waals surface area contributed by atoms with Crippen molar-refractivity contribution in [1.29, 1.82) is 0 Å². The quantitative estimate of drug-likeness (QED) is 0.835. The van der Waals surface area contributed by atoms with Crippen molar-refractivity contribution in [2.24, 2.45) is 11.8 Å². The molecule has 1 aromatic heterocycles. The number of rotatable bonds is 6. The van der Waals surface area contributed by atoms with Gasteiger partial charge in [-0.05, 0) is 49.4 Å². The molecular formula is C20H31N5O. The first-order valence-corrected chi connectivity index (χ1v) is 9.57.